The van der Waals surface area contributed by atoms with Gasteiger partial charge in [-0.05, 0) is 41.8 Å². The molecule has 34 heavy (non-hydrogen) atoms. The molecule has 0 saturated carbocycles. The minimum Gasteiger partial charge on any atom is -0.460 e. The van der Waals surface area contributed by atoms with E-state index in [0.29, 0.717) is 24.0 Å². The number of esters is 2. The van der Waals surface area contributed by atoms with Crippen molar-refractivity contribution in [3.63, 3.8) is 0 Å². The van der Waals surface area contributed by atoms with E-state index in [1.165, 1.54) is 48.5 Å². The molecule has 1 unspecified atom stereocenters. The summed E-state index contributed by atoms with van der Waals surface area (Å²) < 4.78 is 10.5. The standard InChI is InChI=1S/C22H26N4O8/c1-2-3-4-19(20(27)33-13-15-5-9-17(10-6-15)25(29)30)22(23,24)21(28)34-14-16-7-11-18(12-8-16)26(31)32/h5-12,19H,2-4,13-14,23-24H2,1H3. The van der Waals surface area contributed by atoms with Gasteiger partial charge in [0, 0.05) is 24.3 Å². The first-order chi connectivity index (χ1) is 16.1. The van der Waals surface area contributed by atoms with Gasteiger partial charge < -0.3 is 20.9 Å². The Morgan fingerprint density at radius 1 is 0.882 bits per heavy atom. The molecule has 0 saturated heterocycles. The molecule has 12 heteroatoms. The number of nitrogens with zero attached hydrogens (tertiary/aromatic N) is 2. The predicted octanol–water partition coefficient (Wildman–Crippen LogP) is 2.71. The van der Waals surface area contributed by atoms with Gasteiger partial charge in [-0.2, -0.15) is 0 Å². The van der Waals surface area contributed by atoms with Gasteiger partial charge in [0.15, 0.2) is 5.66 Å². The summed E-state index contributed by atoms with van der Waals surface area (Å²) in [6.45, 7) is 1.46. The molecule has 0 amide bonds. The first-order valence-corrected chi connectivity index (χ1v) is 10.4. The number of ether oxygens (including phenoxy) is 2. The van der Waals surface area contributed by atoms with Crippen molar-refractivity contribution in [2.45, 2.75) is 45.1 Å². The number of unbranched alkanes of at least 4 members (excludes halogenated alkanes) is 1. The molecule has 4 N–H and O–H groups in total. The number of carbonyl (C=O) groups is 2. The second-order valence-electron chi connectivity index (χ2n) is 7.66. The molecule has 2 rings (SSSR count). The van der Waals surface area contributed by atoms with Crippen LogP contribution in [-0.4, -0.2) is 27.4 Å². The maximum Gasteiger partial charge on any atom is 0.342 e. The first-order valence-electron chi connectivity index (χ1n) is 10.4. The topological polar surface area (TPSA) is 191 Å². The Hall–Kier alpha value is -3.90. The number of nitrogens with two attached hydrogens (primary N) is 2. The molecule has 0 aliphatic heterocycles. The fourth-order valence-electron chi connectivity index (χ4n) is 3.06. The van der Waals surface area contributed by atoms with Gasteiger partial charge in [0.2, 0.25) is 0 Å². The Balaban J connectivity index is 2.04. The summed E-state index contributed by atoms with van der Waals surface area (Å²) in [5.74, 6) is -3.03. The highest BCUT2D eigenvalue weighted by Gasteiger charge is 2.45. The van der Waals surface area contributed by atoms with Crippen molar-refractivity contribution in [1.29, 1.82) is 0 Å². The molecule has 0 aliphatic rings. The van der Waals surface area contributed by atoms with E-state index in [2.05, 4.69) is 0 Å². The number of hydrogen-bond donors (Lipinski definition) is 2. The van der Waals surface area contributed by atoms with Gasteiger partial charge in [0.05, 0.1) is 15.8 Å². The van der Waals surface area contributed by atoms with Crippen LogP contribution in [0.1, 0.15) is 37.3 Å². The van der Waals surface area contributed by atoms with E-state index in [0.717, 1.165) is 0 Å². The van der Waals surface area contributed by atoms with Gasteiger partial charge in [0.1, 0.15) is 13.2 Å². The van der Waals surface area contributed by atoms with Gasteiger partial charge in [-0.3, -0.25) is 25.0 Å². The number of carbonyl (C=O) groups excluding carboxylic acids is 2. The van der Waals surface area contributed by atoms with Crippen molar-refractivity contribution in [3.8, 4) is 0 Å². The second-order valence-corrected chi connectivity index (χ2v) is 7.66. The van der Waals surface area contributed by atoms with Crippen LogP contribution in [0.2, 0.25) is 0 Å². The van der Waals surface area contributed by atoms with Crippen LogP contribution in [0.3, 0.4) is 0 Å². The third-order valence-electron chi connectivity index (χ3n) is 5.11. The first kappa shape index (κ1) is 26.4. The smallest absolute Gasteiger partial charge is 0.342 e. The Bertz CT molecular complexity index is 1020. The highest BCUT2D eigenvalue weighted by molar-refractivity contribution is 5.88. The molecule has 0 aliphatic carbocycles. The average Bonchev–Trinajstić information content (AvgIpc) is 2.81. The maximum atomic E-state index is 12.8. The molecular formula is C22H26N4O8. The van der Waals surface area contributed by atoms with E-state index in [9.17, 15) is 29.8 Å². The lowest BCUT2D eigenvalue weighted by molar-refractivity contribution is -0.385. The fraction of sp³-hybridized carbons (Fsp3) is 0.364. The van der Waals surface area contributed by atoms with Crippen molar-refractivity contribution in [2.75, 3.05) is 0 Å². The number of rotatable bonds is 12. The Morgan fingerprint density at radius 3 is 1.74 bits per heavy atom. The number of benzene rings is 2. The summed E-state index contributed by atoms with van der Waals surface area (Å²) in [6.07, 6.45) is 1.43. The lowest BCUT2D eigenvalue weighted by Crippen LogP contribution is -2.64. The van der Waals surface area contributed by atoms with Crippen LogP contribution in [0.15, 0.2) is 48.5 Å². The molecule has 0 aromatic heterocycles. The zero-order chi connectivity index (χ0) is 25.3. The third-order valence-corrected chi connectivity index (χ3v) is 5.11. The zero-order valence-corrected chi connectivity index (χ0v) is 18.5. The molecule has 2 aromatic rings. The SMILES string of the molecule is CCCCC(C(=O)OCc1ccc([N+](=O)[O-])cc1)C(N)(N)C(=O)OCc1ccc([N+](=O)[O-])cc1. The summed E-state index contributed by atoms with van der Waals surface area (Å²) in [5, 5.41) is 21.5. The van der Waals surface area contributed by atoms with Crippen LogP contribution >= 0.6 is 0 Å². The van der Waals surface area contributed by atoms with Crippen molar-refractivity contribution < 1.29 is 28.9 Å². The van der Waals surface area contributed by atoms with E-state index in [-0.39, 0.29) is 31.0 Å². The van der Waals surface area contributed by atoms with Gasteiger partial charge in [-0.25, -0.2) is 4.79 Å². The number of non-ortho nitro benzene ring substituents is 2. The molecule has 182 valence electrons. The van der Waals surface area contributed by atoms with E-state index < -0.39 is 33.4 Å². The predicted molar refractivity (Wildman–Crippen MR) is 120 cm³/mol. The summed E-state index contributed by atoms with van der Waals surface area (Å²) in [4.78, 5) is 45.8. The Morgan fingerprint density at radius 2 is 1.32 bits per heavy atom. The van der Waals surface area contributed by atoms with Crippen LogP contribution < -0.4 is 11.5 Å². The highest BCUT2D eigenvalue weighted by atomic mass is 16.6. The Kier molecular flexibility index (Phi) is 9.16. The molecule has 0 radical (unpaired) electrons. The Labute approximate surface area is 195 Å². The highest BCUT2D eigenvalue weighted by Crippen LogP contribution is 2.22. The number of hydrogen-bond acceptors (Lipinski definition) is 10. The van der Waals surface area contributed by atoms with Crippen molar-refractivity contribution in [1.82, 2.24) is 0 Å². The monoisotopic (exact) mass is 474 g/mol. The minimum absolute atomic E-state index is 0.102. The van der Waals surface area contributed by atoms with Crippen LogP contribution in [0.25, 0.3) is 0 Å². The van der Waals surface area contributed by atoms with Crippen LogP contribution in [0.4, 0.5) is 11.4 Å². The molecule has 12 nitrogen and oxygen atoms in total. The van der Waals surface area contributed by atoms with Gasteiger partial charge in [-0.15, -0.1) is 0 Å². The largest absolute Gasteiger partial charge is 0.460 e. The lowest BCUT2D eigenvalue weighted by atomic mass is 9.89. The zero-order valence-electron chi connectivity index (χ0n) is 18.5. The van der Waals surface area contributed by atoms with Gasteiger partial charge in [0.25, 0.3) is 11.4 Å². The van der Waals surface area contributed by atoms with E-state index >= 15 is 0 Å². The van der Waals surface area contributed by atoms with Crippen LogP contribution in [0, 0.1) is 26.1 Å². The molecule has 0 bridgehead atoms. The normalized spacial score (nSPS) is 12.0. The molecule has 1 atom stereocenters. The van der Waals surface area contributed by atoms with Gasteiger partial charge >= 0.3 is 11.9 Å². The lowest BCUT2D eigenvalue weighted by Gasteiger charge is -2.30. The van der Waals surface area contributed by atoms with Crippen LogP contribution in [0.5, 0.6) is 0 Å². The van der Waals surface area contributed by atoms with Crippen LogP contribution in [-0.2, 0) is 32.3 Å². The van der Waals surface area contributed by atoms with E-state index in [1.807, 2.05) is 6.92 Å². The molecule has 0 heterocycles. The molecule has 0 spiro atoms. The maximum absolute atomic E-state index is 12.8. The second kappa shape index (κ2) is 11.8. The third kappa shape index (κ3) is 7.05. The molecule has 2 aromatic carbocycles. The molecule has 0 fully saturated rings. The summed E-state index contributed by atoms with van der Waals surface area (Å²) in [7, 11) is 0. The fourth-order valence-corrected chi connectivity index (χ4v) is 3.06. The number of nitro benzene ring substituents is 2. The van der Waals surface area contributed by atoms with E-state index in [4.69, 9.17) is 20.9 Å². The summed E-state index contributed by atoms with van der Waals surface area (Å²) >= 11 is 0. The average molecular weight is 474 g/mol. The van der Waals surface area contributed by atoms with Crippen molar-refractivity contribution in [3.05, 3.63) is 79.9 Å². The summed E-state index contributed by atoms with van der Waals surface area (Å²) in [6, 6.07) is 10.8. The van der Waals surface area contributed by atoms with Crippen molar-refractivity contribution >= 4 is 23.3 Å². The van der Waals surface area contributed by atoms with Gasteiger partial charge in [-0.1, -0.05) is 19.8 Å². The van der Waals surface area contributed by atoms with E-state index in [1.54, 1.807) is 0 Å². The van der Waals surface area contributed by atoms with Crippen molar-refractivity contribution in [2.24, 2.45) is 17.4 Å². The molecular weight excluding hydrogens is 448 g/mol. The number of nitro groups is 2. The minimum atomic E-state index is -2.18. The summed E-state index contributed by atoms with van der Waals surface area (Å²) in [5.41, 5.74) is 10.7. The quantitative estimate of drug-likeness (QED) is 0.200.